The summed E-state index contributed by atoms with van der Waals surface area (Å²) in [5, 5.41) is 3.83. The van der Waals surface area contributed by atoms with Crippen LogP contribution in [0.4, 0.5) is 0 Å². The molecule has 0 atom stereocenters. The fraction of sp³-hybridized carbons (Fsp3) is 0.400. The van der Waals surface area contributed by atoms with Crippen molar-refractivity contribution in [3.8, 4) is 0 Å². The lowest BCUT2D eigenvalue weighted by Gasteiger charge is -2.03. The summed E-state index contributed by atoms with van der Waals surface area (Å²) in [6.07, 6.45) is 5.86. The molecule has 0 spiro atoms. The second kappa shape index (κ2) is 4.00. The third kappa shape index (κ3) is 2.26. The van der Waals surface area contributed by atoms with Gasteiger partial charge in [-0.3, -0.25) is 4.79 Å². The molecule has 0 aromatic carbocycles. The summed E-state index contributed by atoms with van der Waals surface area (Å²) in [5.74, 6) is 0.0187. The Morgan fingerprint density at radius 2 is 2.43 bits per heavy atom. The van der Waals surface area contributed by atoms with Gasteiger partial charge >= 0.3 is 0 Å². The fourth-order valence-corrected chi connectivity index (χ4v) is 1.57. The Balaban J connectivity index is 2.09. The molecule has 0 bridgehead atoms. The zero-order valence-electron chi connectivity index (χ0n) is 7.99. The molecule has 1 aromatic rings. The number of nitrogens with zero attached hydrogens (tertiary/aromatic N) is 1. The van der Waals surface area contributed by atoms with Crippen molar-refractivity contribution < 1.29 is 4.79 Å². The summed E-state index contributed by atoms with van der Waals surface area (Å²) in [5.41, 5.74) is 0.705. The first kappa shape index (κ1) is 9.52. The molecular weight excluding hydrogens is 196 g/mol. The average molecular weight is 208 g/mol. The normalized spacial score (nSPS) is 15.2. The predicted molar refractivity (Wildman–Crippen MR) is 56.5 cm³/mol. The summed E-state index contributed by atoms with van der Waals surface area (Å²) in [6.45, 7) is 0. The Morgan fingerprint density at radius 3 is 3.07 bits per heavy atom. The number of carbonyl (C=O) groups is 1. The van der Waals surface area contributed by atoms with E-state index in [2.05, 4.69) is 10.3 Å². The number of amides is 1. The van der Waals surface area contributed by atoms with Crippen LogP contribution >= 0.6 is 11.8 Å². The summed E-state index contributed by atoms with van der Waals surface area (Å²) in [6, 6.07) is 3.98. The van der Waals surface area contributed by atoms with Crippen LogP contribution in [-0.2, 0) is 0 Å². The van der Waals surface area contributed by atoms with Gasteiger partial charge in [0.15, 0.2) is 0 Å². The number of hydrogen-bond acceptors (Lipinski definition) is 3. The van der Waals surface area contributed by atoms with E-state index in [1.54, 1.807) is 24.0 Å². The number of pyridine rings is 1. The maximum atomic E-state index is 11.6. The lowest BCUT2D eigenvalue weighted by Crippen LogP contribution is -2.25. The SMILES string of the molecule is CSc1cc(C(=O)NC2CC2)ccn1. The number of carbonyl (C=O) groups excluding carboxylic acids is 1. The van der Waals surface area contributed by atoms with E-state index in [-0.39, 0.29) is 5.91 Å². The molecule has 1 aliphatic rings. The molecule has 0 radical (unpaired) electrons. The molecule has 0 saturated heterocycles. The lowest BCUT2D eigenvalue weighted by atomic mass is 10.2. The Labute approximate surface area is 87.3 Å². The zero-order chi connectivity index (χ0) is 9.97. The standard InChI is InChI=1S/C10H12N2OS/c1-14-9-6-7(4-5-11-9)10(13)12-8-2-3-8/h4-6,8H,2-3H2,1H3,(H,12,13). The van der Waals surface area contributed by atoms with E-state index >= 15 is 0 Å². The van der Waals surface area contributed by atoms with Crippen LogP contribution < -0.4 is 5.32 Å². The minimum atomic E-state index is 0.0187. The van der Waals surface area contributed by atoms with Crippen LogP contribution in [0, 0.1) is 0 Å². The highest BCUT2D eigenvalue weighted by Crippen LogP contribution is 2.20. The molecule has 1 amide bonds. The summed E-state index contributed by atoms with van der Waals surface area (Å²) >= 11 is 1.54. The van der Waals surface area contributed by atoms with Gasteiger partial charge in [0.2, 0.25) is 0 Å². The number of nitrogens with one attached hydrogen (secondary N) is 1. The molecule has 1 fully saturated rings. The smallest absolute Gasteiger partial charge is 0.251 e. The minimum Gasteiger partial charge on any atom is -0.349 e. The van der Waals surface area contributed by atoms with Crippen molar-refractivity contribution in [1.82, 2.24) is 10.3 Å². The number of hydrogen-bond donors (Lipinski definition) is 1. The zero-order valence-corrected chi connectivity index (χ0v) is 8.80. The lowest BCUT2D eigenvalue weighted by molar-refractivity contribution is 0.0950. The second-order valence-electron chi connectivity index (χ2n) is 3.33. The third-order valence-electron chi connectivity index (χ3n) is 2.12. The van der Waals surface area contributed by atoms with E-state index in [4.69, 9.17) is 0 Å². The number of thioether (sulfide) groups is 1. The van der Waals surface area contributed by atoms with Gasteiger partial charge in [0.05, 0.1) is 5.03 Å². The van der Waals surface area contributed by atoms with E-state index in [1.807, 2.05) is 12.3 Å². The van der Waals surface area contributed by atoms with E-state index in [0.29, 0.717) is 11.6 Å². The van der Waals surface area contributed by atoms with Gasteiger partial charge in [0.1, 0.15) is 0 Å². The van der Waals surface area contributed by atoms with Crippen molar-refractivity contribution in [2.24, 2.45) is 0 Å². The van der Waals surface area contributed by atoms with Gasteiger partial charge in [-0.05, 0) is 31.2 Å². The fourth-order valence-electron chi connectivity index (χ4n) is 1.16. The maximum Gasteiger partial charge on any atom is 0.251 e. The molecule has 2 rings (SSSR count). The van der Waals surface area contributed by atoms with Gasteiger partial charge in [-0.25, -0.2) is 4.98 Å². The van der Waals surface area contributed by atoms with Gasteiger partial charge in [0.25, 0.3) is 5.91 Å². The van der Waals surface area contributed by atoms with Gasteiger partial charge < -0.3 is 5.32 Å². The van der Waals surface area contributed by atoms with Crippen LogP contribution in [-0.4, -0.2) is 23.2 Å². The van der Waals surface area contributed by atoms with Crippen LogP contribution in [0.2, 0.25) is 0 Å². The highest BCUT2D eigenvalue weighted by molar-refractivity contribution is 7.98. The van der Waals surface area contributed by atoms with E-state index in [1.165, 1.54) is 0 Å². The first-order valence-corrected chi connectivity index (χ1v) is 5.83. The number of aromatic nitrogens is 1. The molecule has 14 heavy (non-hydrogen) atoms. The molecule has 0 aliphatic heterocycles. The molecule has 1 heterocycles. The van der Waals surface area contributed by atoms with E-state index in [0.717, 1.165) is 17.9 Å². The Kier molecular flexibility index (Phi) is 2.72. The largest absolute Gasteiger partial charge is 0.349 e. The van der Waals surface area contributed by atoms with Gasteiger partial charge in [0, 0.05) is 17.8 Å². The molecule has 3 nitrogen and oxygen atoms in total. The Bertz CT molecular complexity index is 350. The van der Waals surface area contributed by atoms with Gasteiger partial charge in [-0.15, -0.1) is 11.8 Å². The molecule has 1 N–H and O–H groups in total. The Hall–Kier alpha value is -1.03. The van der Waals surface area contributed by atoms with Crippen molar-refractivity contribution in [3.63, 3.8) is 0 Å². The second-order valence-corrected chi connectivity index (χ2v) is 4.16. The quantitative estimate of drug-likeness (QED) is 0.769. The molecular formula is C10H12N2OS. The highest BCUT2D eigenvalue weighted by atomic mass is 32.2. The van der Waals surface area contributed by atoms with Crippen molar-refractivity contribution in [2.45, 2.75) is 23.9 Å². The predicted octanol–water partition coefficient (Wildman–Crippen LogP) is 1.70. The minimum absolute atomic E-state index is 0.0187. The molecule has 0 unspecified atom stereocenters. The van der Waals surface area contributed by atoms with Crippen LogP contribution in [0.25, 0.3) is 0 Å². The first-order chi connectivity index (χ1) is 6.79. The van der Waals surface area contributed by atoms with Crippen LogP contribution in [0.5, 0.6) is 0 Å². The summed E-state index contributed by atoms with van der Waals surface area (Å²) < 4.78 is 0. The van der Waals surface area contributed by atoms with Crippen molar-refractivity contribution in [1.29, 1.82) is 0 Å². The highest BCUT2D eigenvalue weighted by Gasteiger charge is 2.23. The van der Waals surface area contributed by atoms with Gasteiger partial charge in [-0.2, -0.15) is 0 Å². The molecule has 1 saturated carbocycles. The number of rotatable bonds is 3. The van der Waals surface area contributed by atoms with E-state index < -0.39 is 0 Å². The van der Waals surface area contributed by atoms with E-state index in [9.17, 15) is 4.79 Å². The van der Waals surface area contributed by atoms with Crippen LogP contribution in [0.15, 0.2) is 23.4 Å². The molecule has 4 heteroatoms. The van der Waals surface area contributed by atoms with Crippen molar-refractivity contribution in [2.75, 3.05) is 6.26 Å². The summed E-state index contributed by atoms with van der Waals surface area (Å²) in [4.78, 5) is 15.7. The molecule has 1 aromatic heterocycles. The maximum absolute atomic E-state index is 11.6. The van der Waals surface area contributed by atoms with Crippen molar-refractivity contribution >= 4 is 17.7 Å². The Morgan fingerprint density at radius 1 is 1.64 bits per heavy atom. The summed E-state index contributed by atoms with van der Waals surface area (Å²) in [7, 11) is 0. The van der Waals surface area contributed by atoms with Crippen LogP contribution in [0.3, 0.4) is 0 Å². The third-order valence-corrected chi connectivity index (χ3v) is 2.76. The topological polar surface area (TPSA) is 42.0 Å². The van der Waals surface area contributed by atoms with Crippen molar-refractivity contribution in [3.05, 3.63) is 23.9 Å². The van der Waals surface area contributed by atoms with Gasteiger partial charge in [-0.1, -0.05) is 0 Å². The molecule has 74 valence electrons. The first-order valence-electron chi connectivity index (χ1n) is 4.60. The monoisotopic (exact) mass is 208 g/mol. The molecule has 1 aliphatic carbocycles. The average Bonchev–Trinajstić information content (AvgIpc) is 3.02. The van der Waals surface area contributed by atoms with Crippen LogP contribution in [0.1, 0.15) is 23.2 Å².